The van der Waals surface area contributed by atoms with E-state index in [1.807, 2.05) is 14.0 Å². The Morgan fingerprint density at radius 1 is 1.56 bits per heavy atom. The van der Waals surface area contributed by atoms with Crippen LogP contribution in [0.1, 0.15) is 6.92 Å². The lowest BCUT2D eigenvalue weighted by Crippen LogP contribution is -2.57. The maximum Gasteiger partial charge on any atom is 0.234 e. The van der Waals surface area contributed by atoms with Gasteiger partial charge in [-0.3, -0.25) is 9.69 Å². The van der Waals surface area contributed by atoms with Crippen LogP contribution in [0, 0.1) is 0 Å². The van der Waals surface area contributed by atoms with Gasteiger partial charge in [-0.05, 0) is 14.0 Å². The minimum atomic E-state index is 0. The molecule has 1 fully saturated rings. The molecular formula is C10H22ClN3O2. The molecule has 6 heteroatoms. The number of nitrogens with zero attached hydrogens (tertiary/aromatic N) is 1. The van der Waals surface area contributed by atoms with Crippen molar-refractivity contribution in [2.75, 3.05) is 46.4 Å². The zero-order valence-electron chi connectivity index (χ0n) is 9.99. The highest BCUT2D eigenvalue weighted by molar-refractivity contribution is 5.85. The van der Waals surface area contributed by atoms with Crippen molar-refractivity contribution in [2.45, 2.75) is 13.0 Å². The average Bonchev–Trinajstić information content (AvgIpc) is 2.09. The van der Waals surface area contributed by atoms with Gasteiger partial charge in [0.25, 0.3) is 0 Å². The second kappa shape index (κ2) is 8.75. The number of amides is 1. The second-order valence-corrected chi connectivity index (χ2v) is 3.77. The number of carbonyl (C=O) groups excluding carboxylic acids is 1. The summed E-state index contributed by atoms with van der Waals surface area (Å²) in [5.41, 5.74) is 0. The Kier molecular flexibility index (Phi) is 8.56. The third-order valence-corrected chi connectivity index (χ3v) is 2.55. The van der Waals surface area contributed by atoms with E-state index in [4.69, 9.17) is 4.74 Å². The quantitative estimate of drug-likeness (QED) is 0.597. The first-order chi connectivity index (χ1) is 7.24. The van der Waals surface area contributed by atoms with Gasteiger partial charge in [0.15, 0.2) is 0 Å². The van der Waals surface area contributed by atoms with Crippen molar-refractivity contribution in [1.29, 1.82) is 0 Å². The number of likely N-dealkylation sites (N-methyl/N-ethyl adjacent to an activating group) is 1. The van der Waals surface area contributed by atoms with E-state index in [-0.39, 0.29) is 18.3 Å². The molecule has 2 N–H and O–H groups in total. The molecule has 1 aliphatic rings. The Labute approximate surface area is 103 Å². The summed E-state index contributed by atoms with van der Waals surface area (Å²) in [6.45, 7) is 6.28. The second-order valence-electron chi connectivity index (χ2n) is 3.77. The van der Waals surface area contributed by atoms with E-state index in [0.717, 1.165) is 13.1 Å². The van der Waals surface area contributed by atoms with E-state index >= 15 is 0 Å². The first-order valence-electron chi connectivity index (χ1n) is 5.49. The van der Waals surface area contributed by atoms with Crippen molar-refractivity contribution in [3.63, 3.8) is 0 Å². The molecule has 0 radical (unpaired) electrons. The fraction of sp³-hybridized carbons (Fsp3) is 0.900. The van der Waals surface area contributed by atoms with E-state index in [0.29, 0.717) is 32.3 Å². The number of carbonyl (C=O) groups is 1. The van der Waals surface area contributed by atoms with Crippen LogP contribution in [0.2, 0.25) is 0 Å². The molecular weight excluding hydrogens is 230 g/mol. The van der Waals surface area contributed by atoms with Crippen LogP contribution in [0.4, 0.5) is 0 Å². The molecule has 96 valence electrons. The molecule has 0 spiro atoms. The lowest BCUT2D eigenvalue weighted by molar-refractivity contribution is -0.122. The van der Waals surface area contributed by atoms with E-state index in [1.165, 1.54) is 0 Å². The predicted octanol–water partition coefficient (Wildman–Crippen LogP) is -0.535. The summed E-state index contributed by atoms with van der Waals surface area (Å²) in [4.78, 5) is 13.5. The molecule has 5 nitrogen and oxygen atoms in total. The molecule has 0 aromatic heterocycles. The van der Waals surface area contributed by atoms with Crippen LogP contribution in [-0.4, -0.2) is 63.3 Å². The van der Waals surface area contributed by atoms with Crippen LogP contribution in [0.3, 0.4) is 0 Å². The smallest absolute Gasteiger partial charge is 0.234 e. The van der Waals surface area contributed by atoms with Crippen LogP contribution in [-0.2, 0) is 9.53 Å². The molecule has 16 heavy (non-hydrogen) atoms. The minimum Gasteiger partial charge on any atom is -0.380 e. The Morgan fingerprint density at radius 2 is 2.25 bits per heavy atom. The average molecular weight is 252 g/mol. The van der Waals surface area contributed by atoms with Crippen LogP contribution >= 0.6 is 12.4 Å². The van der Waals surface area contributed by atoms with Gasteiger partial charge in [-0.15, -0.1) is 12.4 Å². The Bertz CT molecular complexity index is 201. The fourth-order valence-electron chi connectivity index (χ4n) is 1.40. The number of ether oxygens (including phenoxy) is 1. The van der Waals surface area contributed by atoms with E-state index in [1.54, 1.807) is 0 Å². The first kappa shape index (κ1) is 15.6. The molecule has 0 aliphatic carbocycles. The van der Waals surface area contributed by atoms with Gasteiger partial charge in [0.05, 0.1) is 13.2 Å². The lowest BCUT2D eigenvalue weighted by Gasteiger charge is -2.35. The van der Waals surface area contributed by atoms with Crippen molar-refractivity contribution in [3.05, 3.63) is 0 Å². The monoisotopic (exact) mass is 251 g/mol. The summed E-state index contributed by atoms with van der Waals surface area (Å²) in [7, 11) is 1.98. The molecule has 1 rings (SSSR count). The van der Waals surface area contributed by atoms with Gasteiger partial charge in [0.1, 0.15) is 0 Å². The largest absolute Gasteiger partial charge is 0.380 e. The summed E-state index contributed by atoms with van der Waals surface area (Å²) in [6, 6.07) is 0.516. The van der Waals surface area contributed by atoms with E-state index in [9.17, 15) is 4.79 Å². The van der Waals surface area contributed by atoms with E-state index in [2.05, 4.69) is 15.5 Å². The maximum atomic E-state index is 11.4. The highest BCUT2D eigenvalue weighted by Crippen LogP contribution is 2.00. The van der Waals surface area contributed by atoms with Gasteiger partial charge in [-0.2, -0.15) is 0 Å². The maximum absolute atomic E-state index is 11.4. The highest BCUT2D eigenvalue weighted by Gasteiger charge is 2.22. The summed E-state index contributed by atoms with van der Waals surface area (Å²) in [5.74, 6) is 0.0732. The van der Waals surface area contributed by atoms with Crippen molar-refractivity contribution in [2.24, 2.45) is 0 Å². The van der Waals surface area contributed by atoms with E-state index < -0.39 is 0 Å². The molecule has 0 saturated carbocycles. The molecule has 1 aliphatic heterocycles. The topological polar surface area (TPSA) is 53.6 Å². The van der Waals surface area contributed by atoms with Gasteiger partial charge in [-0.1, -0.05) is 0 Å². The minimum absolute atomic E-state index is 0. The molecule has 1 amide bonds. The standard InChI is InChI=1S/C10H21N3O2.ClH/c1-3-15-5-4-12-10(14)8-13(2)9-6-11-7-9;/h9,11H,3-8H2,1-2H3,(H,12,14);1H. The molecule has 0 aromatic rings. The lowest BCUT2D eigenvalue weighted by atomic mass is 10.1. The Hall–Kier alpha value is -0.360. The Morgan fingerprint density at radius 3 is 2.75 bits per heavy atom. The molecule has 0 bridgehead atoms. The van der Waals surface area contributed by atoms with Crippen LogP contribution in [0.5, 0.6) is 0 Å². The molecule has 0 unspecified atom stereocenters. The highest BCUT2D eigenvalue weighted by atomic mass is 35.5. The number of hydrogen-bond donors (Lipinski definition) is 2. The van der Waals surface area contributed by atoms with Gasteiger partial charge >= 0.3 is 0 Å². The third-order valence-electron chi connectivity index (χ3n) is 2.55. The summed E-state index contributed by atoms with van der Waals surface area (Å²) >= 11 is 0. The SMILES string of the molecule is CCOCCNC(=O)CN(C)C1CNC1.Cl. The molecule has 1 heterocycles. The molecule has 0 atom stereocenters. The number of nitrogens with one attached hydrogen (secondary N) is 2. The zero-order chi connectivity index (χ0) is 11.1. The van der Waals surface area contributed by atoms with Crippen LogP contribution in [0.15, 0.2) is 0 Å². The van der Waals surface area contributed by atoms with Crippen molar-refractivity contribution < 1.29 is 9.53 Å². The van der Waals surface area contributed by atoms with Crippen molar-refractivity contribution in [1.82, 2.24) is 15.5 Å². The fourth-order valence-corrected chi connectivity index (χ4v) is 1.40. The van der Waals surface area contributed by atoms with Crippen molar-refractivity contribution in [3.8, 4) is 0 Å². The number of halogens is 1. The molecule has 0 aromatic carbocycles. The zero-order valence-corrected chi connectivity index (χ0v) is 10.8. The third kappa shape index (κ3) is 5.65. The van der Waals surface area contributed by atoms with Gasteiger partial charge in [-0.25, -0.2) is 0 Å². The first-order valence-corrected chi connectivity index (χ1v) is 5.49. The summed E-state index contributed by atoms with van der Waals surface area (Å²) in [6.07, 6.45) is 0. The van der Waals surface area contributed by atoms with Crippen LogP contribution < -0.4 is 10.6 Å². The number of hydrogen-bond acceptors (Lipinski definition) is 4. The van der Waals surface area contributed by atoms with Gasteiger partial charge in [0, 0.05) is 32.3 Å². The van der Waals surface area contributed by atoms with Crippen LogP contribution in [0.25, 0.3) is 0 Å². The normalized spacial score (nSPS) is 15.4. The summed E-state index contributed by atoms with van der Waals surface area (Å²) < 4.78 is 5.13. The van der Waals surface area contributed by atoms with Gasteiger partial charge < -0.3 is 15.4 Å². The van der Waals surface area contributed by atoms with Gasteiger partial charge in [0.2, 0.25) is 5.91 Å². The number of rotatable bonds is 7. The van der Waals surface area contributed by atoms with Crippen molar-refractivity contribution >= 4 is 18.3 Å². The summed E-state index contributed by atoms with van der Waals surface area (Å²) in [5, 5.41) is 6.01. The predicted molar refractivity (Wildman–Crippen MR) is 66.0 cm³/mol. The Balaban J connectivity index is 0.00000225. The molecule has 1 saturated heterocycles.